The van der Waals surface area contributed by atoms with Gasteiger partial charge in [-0.15, -0.1) is 6.42 Å². The van der Waals surface area contributed by atoms with E-state index in [0.717, 1.165) is 22.3 Å². The molecule has 0 fully saturated rings. The van der Waals surface area contributed by atoms with Crippen molar-refractivity contribution in [3.63, 3.8) is 0 Å². The molecule has 0 aliphatic heterocycles. The smallest absolute Gasteiger partial charge is 0.338 e. The van der Waals surface area contributed by atoms with Gasteiger partial charge in [-0.3, -0.25) is 4.84 Å². The number of ether oxygens (including phenoxy) is 1. The van der Waals surface area contributed by atoms with Gasteiger partial charge in [0, 0.05) is 21.7 Å². The van der Waals surface area contributed by atoms with Gasteiger partial charge in [-0.1, -0.05) is 73.4 Å². The Bertz CT molecular complexity index is 1350. The second-order valence-electron chi connectivity index (χ2n) is 10.8. The van der Waals surface area contributed by atoms with Gasteiger partial charge in [0.25, 0.3) is 0 Å². The van der Waals surface area contributed by atoms with Crippen LogP contribution in [0.2, 0.25) is 0 Å². The first-order valence-electron chi connectivity index (χ1n) is 13.0. The van der Waals surface area contributed by atoms with Crippen LogP contribution in [0.25, 0.3) is 10.4 Å². The first-order chi connectivity index (χ1) is 18.5. The van der Waals surface area contributed by atoms with Crippen LogP contribution in [-0.2, 0) is 16.2 Å². The Kier molecular flexibility index (Phi) is 9.92. The van der Waals surface area contributed by atoms with Gasteiger partial charge in [0.1, 0.15) is 12.7 Å². The van der Waals surface area contributed by atoms with Crippen LogP contribution >= 0.6 is 0 Å². The summed E-state index contributed by atoms with van der Waals surface area (Å²) in [5, 5.41) is 5.59. The third-order valence-corrected chi connectivity index (χ3v) is 6.29. The van der Waals surface area contributed by atoms with E-state index in [0.29, 0.717) is 11.3 Å². The van der Waals surface area contributed by atoms with Crippen LogP contribution in [0.5, 0.6) is 0 Å². The van der Waals surface area contributed by atoms with E-state index in [4.69, 9.17) is 21.5 Å². The van der Waals surface area contributed by atoms with E-state index in [1.807, 2.05) is 43.3 Å². The highest BCUT2D eigenvalue weighted by molar-refractivity contribution is 5.89. The first kappa shape index (κ1) is 29.5. The van der Waals surface area contributed by atoms with Crippen LogP contribution in [0, 0.1) is 18.3 Å². The average molecular weight is 525 g/mol. The zero-order valence-electron chi connectivity index (χ0n) is 23.5. The van der Waals surface area contributed by atoms with Crippen LogP contribution in [0.4, 0.5) is 5.69 Å². The Morgan fingerprint density at radius 2 is 1.69 bits per heavy atom. The fraction of sp³-hybridized carbons (Fsp3) is 0.344. The Balaban J connectivity index is 1.70. The molecule has 0 aliphatic rings. The lowest BCUT2D eigenvalue weighted by Gasteiger charge is -2.44. The van der Waals surface area contributed by atoms with Gasteiger partial charge >= 0.3 is 5.97 Å². The van der Waals surface area contributed by atoms with Crippen molar-refractivity contribution >= 4 is 11.7 Å². The summed E-state index contributed by atoms with van der Waals surface area (Å²) in [5.74, 6) is 2.57. The molecule has 3 rings (SSSR count). The molecule has 0 aromatic heterocycles. The van der Waals surface area contributed by atoms with Crippen molar-refractivity contribution in [1.29, 1.82) is 0 Å². The molecule has 3 aromatic carbocycles. The summed E-state index contributed by atoms with van der Waals surface area (Å²) in [4.78, 5) is 21.8. The number of carbonyl (C=O) groups is 1. The number of esters is 1. The summed E-state index contributed by atoms with van der Waals surface area (Å²) in [5.41, 5.74) is 12.9. The van der Waals surface area contributed by atoms with Gasteiger partial charge in [0.05, 0.1) is 11.6 Å². The van der Waals surface area contributed by atoms with Gasteiger partial charge in [0.15, 0.2) is 0 Å². The molecule has 2 atom stereocenters. The lowest BCUT2D eigenvalue weighted by atomic mass is 9.91. The predicted molar refractivity (Wildman–Crippen MR) is 154 cm³/mol. The number of rotatable bonds is 10. The summed E-state index contributed by atoms with van der Waals surface area (Å²) in [6, 6.07) is 22.2. The summed E-state index contributed by atoms with van der Waals surface area (Å²) >= 11 is 0. The molecule has 0 spiro atoms. The van der Waals surface area contributed by atoms with Gasteiger partial charge in [-0.2, -0.15) is 5.06 Å². The minimum Gasteiger partial charge on any atom is -0.457 e. The fourth-order valence-corrected chi connectivity index (χ4v) is 4.31. The lowest BCUT2D eigenvalue weighted by molar-refractivity contribution is -0.272. The lowest BCUT2D eigenvalue weighted by Crippen LogP contribution is -2.46. The van der Waals surface area contributed by atoms with Gasteiger partial charge in [0.2, 0.25) is 0 Å². The standard InChI is InChI=1S/C32H36N4O3/c1-8-24-10-9-11-28(20-24)30(22(2)3)36(32(5,6)7)39-23(4)26-14-12-25(13-15-26)21-38-31(37)27-16-18-29(19-17-27)34-35-33/h1,9-20,22-23,30H,21H2,2-7H3. The third kappa shape index (κ3) is 7.95. The van der Waals surface area contributed by atoms with Crippen LogP contribution < -0.4 is 0 Å². The van der Waals surface area contributed by atoms with Crippen LogP contribution in [0.1, 0.15) is 86.3 Å². The molecule has 202 valence electrons. The van der Waals surface area contributed by atoms with E-state index in [1.165, 1.54) is 0 Å². The number of nitrogens with zero attached hydrogens (tertiary/aromatic N) is 4. The molecule has 0 amide bonds. The second kappa shape index (κ2) is 13.1. The van der Waals surface area contributed by atoms with Gasteiger partial charge < -0.3 is 4.74 Å². The largest absolute Gasteiger partial charge is 0.457 e. The Labute approximate surface area is 231 Å². The summed E-state index contributed by atoms with van der Waals surface area (Å²) in [7, 11) is 0. The highest BCUT2D eigenvalue weighted by atomic mass is 16.7. The van der Waals surface area contributed by atoms with Gasteiger partial charge in [-0.05, 0) is 80.1 Å². The highest BCUT2D eigenvalue weighted by Gasteiger charge is 2.35. The average Bonchev–Trinajstić information content (AvgIpc) is 2.91. The minimum absolute atomic E-state index is 0.000192. The van der Waals surface area contributed by atoms with Crippen LogP contribution in [0.15, 0.2) is 77.9 Å². The molecule has 7 heteroatoms. The molecule has 0 bridgehead atoms. The number of benzene rings is 3. The SMILES string of the molecule is C#Cc1cccc(C(C(C)C)N(OC(C)c2ccc(COC(=O)c3ccc(N=[N+]=[N-])cc3)cc2)C(C)(C)C)c1. The molecule has 0 saturated carbocycles. The van der Waals surface area contributed by atoms with Crippen molar-refractivity contribution < 1.29 is 14.4 Å². The van der Waals surface area contributed by atoms with E-state index in [-0.39, 0.29) is 30.2 Å². The Morgan fingerprint density at radius 3 is 2.26 bits per heavy atom. The Morgan fingerprint density at radius 1 is 1.03 bits per heavy atom. The summed E-state index contributed by atoms with van der Waals surface area (Å²) in [6.45, 7) is 13.0. The molecule has 0 saturated heterocycles. The third-order valence-electron chi connectivity index (χ3n) is 6.29. The predicted octanol–water partition coefficient (Wildman–Crippen LogP) is 8.46. The fourth-order valence-electron chi connectivity index (χ4n) is 4.31. The molecule has 0 N–H and O–H groups in total. The van der Waals surface area contributed by atoms with Crippen molar-refractivity contribution in [2.45, 2.75) is 65.8 Å². The van der Waals surface area contributed by atoms with Crippen molar-refractivity contribution in [1.82, 2.24) is 5.06 Å². The number of hydrogen-bond donors (Lipinski definition) is 0. The number of terminal acetylenes is 1. The Hall–Kier alpha value is -4.08. The molecule has 7 nitrogen and oxygen atoms in total. The topological polar surface area (TPSA) is 87.5 Å². The molecule has 0 aliphatic carbocycles. The normalized spacial score (nSPS) is 12.9. The molecule has 3 aromatic rings. The maximum atomic E-state index is 12.4. The zero-order chi connectivity index (χ0) is 28.6. The van der Waals surface area contributed by atoms with E-state index in [9.17, 15) is 4.79 Å². The van der Waals surface area contributed by atoms with E-state index in [1.54, 1.807) is 24.3 Å². The minimum atomic E-state index is -0.447. The maximum absolute atomic E-state index is 12.4. The van der Waals surface area contributed by atoms with Crippen molar-refractivity contribution in [2.75, 3.05) is 0 Å². The summed E-state index contributed by atoms with van der Waals surface area (Å²) in [6.07, 6.45) is 5.46. The molecule has 0 radical (unpaired) electrons. The van der Waals surface area contributed by atoms with E-state index >= 15 is 0 Å². The van der Waals surface area contributed by atoms with Crippen LogP contribution in [0.3, 0.4) is 0 Å². The molecular weight excluding hydrogens is 488 g/mol. The quantitative estimate of drug-likeness (QED) is 0.0664. The molecule has 39 heavy (non-hydrogen) atoms. The molecular formula is C32H36N4O3. The number of hydroxylamine groups is 2. The van der Waals surface area contributed by atoms with E-state index < -0.39 is 5.97 Å². The summed E-state index contributed by atoms with van der Waals surface area (Å²) < 4.78 is 5.45. The van der Waals surface area contributed by atoms with Crippen molar-refractivity contribution in [3.05, 3.63) is 111 Å². The zero-order valence-corrected chi connectivity index (χ0v) is 23.5. The van der Waals surface area contributed by atoms with Crippen molar-refractivity contribution in [3.8, 4) is 12.3 Å². The highest BCUT2D eigenvalue weighted by Crippen LogP contribution is 2.37. The second-order valence-corrected chi connectivity index (χ2v) is 10.8. The molecule has 0 heterocycles. The first-order valence-corrected chi connectivity index (χ1v) is 13.0. The monoisotopic (exact) mass is 524 g/mol. The number of azide groups is 1. The maximum Gasteiger partial charge on any atom is 0.338 e. The van der Waals surface area contributed by atoms with Crippen molar-refractivity contribution in [2.24, 2.45) is 11.0 Å². The number of carbonyl (C=O) groups excluding carboxylic acids is 1. The van der Waals surface area contributed by atoms with Crippen LogP contribution in [-0.4, -0.2) is 16.6 Å². The van der Waals surface area contributed by atoms with E-state index in [2.05, 4.69) is 67.8 Å². The molecule has 2 unspecified atom stereocenters. The number of hydrogen-bond acceptors (Lipinski definition) is 5. The van der Waals surface area contributed by atoms with Gasteiger partial charge in [-0.25, -0.2) is 4.79 Å².